The molecule has 2 N–H and O–H groups in total. The topological polar surface area (TPSA) is 75.4 Å². The summed E-state index contributed by atoms with van der Waals surface area (Å²) >= 11 is 0. The van der Waals surface area contributed by atoms with E-state index < -0.39 is 23.6 Å². The molecular formula is C11H9F3N2O3. The second-order valence-electron chi connectivity index (χ2n) is 3.53. The van der Waals surface area contributed by atoms with E-state index in [1.807, 2.05) is 5.92 Å². The standard InChI is InChI=1S/C11H9F3N2O3/c12-11(13,14)9(7-15-17)4-1-8-2-5-10(6-3-8)16(18)19/h2-3,5-6,9,15,17H,7H2. The molecule has 102 valence electrons. The van der Waals surface area contributed by atoms with E-state index in [0.29, 0.717) is 0 Å². The van der Waals surface area contributed by atoms with Crippen molar-refractivity contribution in [2.75, 3.05) is 6.54 Å². The Bertz CT molecular complexity index is 503. The van der Waals surface area contributed by atoms with Crippen molar-refractivity contribution in [2.45, 2.75) is 6.18 Å². The number of alkyl halides is 3. The molecule has 19 heavy (non-hydrogen) atoms. The first-order chi connectivity index (χ1) is 8.84. The fraction of sp³-hybridized carbons (Fsp3) is 0.273. The van der Waals surface area contributed by atoms with Crippen LogP contribution < -0.4 is 5.48 Å². The molecule has 0 aromatic heterocycles. The van der Waals surface area contributed by atoms with Crippen LogP contribution in [0.4, 0.5) is 18.9 Å². The summed E-state index contributed by atoms with van der Waals surface area (Å²) in [6, 6.07) is 4.81. The van der Waals surface area contributed by atoms with E-state index in [1.165, 1.54) is 17.6 Å². The lowest BCUT2D eigenvalue weighted by Crippen LogP contribution is -2.31. The summed E-state index contributed by atoms with van der Waals surface area (Å²) in [5, 5.41) is 18.7. The first kappa shape index (κ1) is 14.9. The molecule has 0 bridgehead atoms. The van der Waals surface area contributed by atoms with E-state index in [1.54, 1.807) is 0 Å². The average molecular weight is 274 g/mol. The number of nitro groups is 1. The Labute approximate surface area is 106 Å². The first-order valence-corrected chi connectivity index (χ1v) is 5.04. The number of nitro benzene ring substituents is 1. The molecule has 1 atom stereocenters. The normalized spacial score (nSPS) is 12.4. The van der Waals surface area contributed by atoms with Crippen molar-refractivity contribution in [3.63, 3.8) is 0 Å². The Morgan fingerprint density at radius 3 is 2.37 bits per heavy atom. The van der Waals surface area contributed by atoms with Gasteiger partial charge in [-0.3, -0.25) is 10.1 Å². The lowest BCUT2D eigenvalue weighted by molar-refractivity contribution is -0.384. The summed E-state index contributed by atoms with van der Waals surface area (Å²) in [6.07, 6.45) is -4.57. The van der Waals surface area contributed by atoms with Gasteiger partial charge in [-0.1, -0.05) is 11.8 Å². The van der Waals surface area contributed by atoms with Gasteiger partial charge < -0.3 is 5.21 Å². The fourth-order valence-electron chi connectivity index (χ4n) is 1.18. The molecule has 0 radical (unpaired) electrons. The van der Waals surface area contributed by atoms with Crippen LogP contribution in [0.5, 0.6) is 0 Å². The number of hydrogen-bond acceptors (Lipinski definition) is 4. The zero-order chi connectivity index (χ0) is 14.5. The van der Waals surface area contributed by atoms with Crippen LogP contribution in [0, 0.1) is 27.9 Å². The van der Waals surface area contributed by atoms with Gasteiger partial charge in [-0.15, -0.1) is 0 Å². The molecule has 0 saturated carbocycles. The Kier molecular flexibility index (Phi) is 4.86. The van der Waals surface area contributed by atoms with Crippen LogP contribution in [0.3, 0.4) is 0 Å². The third kappa shape index (κ3) is 4.57. The molecule has 8 heteroatoms. The molecule has 0 aliphatic rings. The van der Waals surface area contributed by atoms with Crippen molar-refractivity contribution in [2.24, 2.45) is 5.92 Å². The fourth-order valence-corrected chi connectivity index (χ4v) is 1.18. The molecular weight excluding hydrogens is 265 g/mol. The van der Waals surface area contributed by atoms with E-state index in [-0.39, 0.29) is 11.3 Å². The van der Waals surface area contributed by atoms with Gasteiger partial charge in [0.2, 0.25) is 0 Å². The molecule has 0 fully saturated rings. The van der Waals surface area contributed by atoms with E-state index in [2.05, 4.69) is 5.92 Å². The maximum Gasteiger partial charge on any atom is 0.403 e. The van der Waals surface area contributed by atoms with Gasteiger partial charge in [-0.25, -0.2) is 5.48 Å². The van der Waals surface area contributed by atoms with Crippen molar-refractivity contribution in [1.82, 2.24) is 5.48 Å². The van der Waals surface area contributed by atoms with Gasteiger partial charge in [0.05, 0.1) is 4.92 Å². The first-order valence-electron chi connectivity index (χ1n) is 5.04. The van der Waals surface area contributed by atoms with Gasteiger partial charge in [-0.05, 0) is 12.1 Å². The monoisotopic (exact) mass is 274 g/mol. The number of nitrogens with zero attached hydrogens (tertiary/aromatic N) is 1. The molecule has 0 saturated heterocycles. The van der Waals surface area contributed by atoms with Crippen molar-refractivity contribution in [3.05, 3.63) is 39.9 Å². The van der Waals surface area contributed by atoms with Crippen molar-refractivity contribution >= 4 is 5.69 Å². The predicted molar refractivity (Wildman–Crippen MR) is 59.3 cm³/mol. The largest absolute Gasteiger partial charge is 0.403 e. The highest BCUT2D eigenvalue weighted by molar-refractivity contribution is 5.41. The number of nitrogens with one attached hydrogen (secondary N) is 1. The number of rotatable bonds is 3. The lowest BCUT2D eigenvalue weighted by atomic mass is 10.1. The van der Waals surface area contributed by atoms with Crippen molar-refractivity contribution in [3.8, 4) is 11.8 Å². The van der Waals surface area contributed by atoms with Gasteiger partial charge in [0.25, 0.3) is 5.69 Å². The van der Waals surface area contributed by atoms with Crippen LogP contribution in [0.2, 0.25) is 0 Å². The SMILES string of the molecule is O=[N+]([O-])c1ccc(C#CC(CNO)C(F)(F)F)cc1. The summed E-state index contributed by atoms with van der Waals surface area (Å²) in [4.78, 5) is 9.76. The Hall–Kier alpha value is -2.11. The average Bonchev–Trinajstić information content (AvgIpc) is 2.33. The molecule has 1 aromatic carbocycles. The maximum atomic E-state index is 12.4. The highest BCUT2D eigenvalue weighted by Gasteiger charge is 2.38. The van der Waals surface area contributed by atoms with Gasteiger partial charge in [-0.2, -0.15) is 13.2 Å². The summed E-state index contributed by atoms with van der Waals surface area (Å²) in [6.45, 7) is -0.747. The number of benzene rings is 1. The van der Waals surface area contributed by atoms with Crippen LogP contribution in [-0.2, 0) is 0 Å². The second-order valence-corrected chi connectivity index (χ2v) is 3.53. The minimum atomic E-state index is -4.57. The molecule has 1 rings (SSSR count). The Morgan fingerprint density at radius 1 is 1.37 bits per heavy atom. The minimum absolute atomic E-state index is 0.171. The second kappa shape index (κ2) is 6.17. The summed E-state index contributed by atoms with van der Waals surface area (Å²) < 4.78 is 37.3. The minimum Gasteiger partial charge on any atom is -0.317 e. The van der Waals surface area contributed by atoms with Crippen LogP contribution >= 0.6 is 0 Å². The summed E-state index contributed by atoms with van der Waals surface area (Å²) in [5.74, 6) is 2.20. The number of hydroxylamine groups is 1. The lowest BCUT2D eigenvalue weighted by Gasteiger charge is -2.13. The van der Waals surface area contributed by atoms with Crippen molar-refractivity contribution < 1.29 is 23.3 Å². The predicted octanol–water partition coefficient (Wildman–Crippen LogP) is 2.10. The Balaban J connectivity index is 2.88. The zero-order valence-electron chi connectivity index (χ0n) is 9.44. The van der Waals surface area contributed by atoms with Crippen molar-refractivity contribution in [1.29, 1.82) is 0 Å². The van der Waals surface area contributed by atoms with E-state index in [9.17, 15) is 23.3 Å². The van der Waals surface area contributed by atoms with Crippen LogP contribution in [0.1, 0.15) is 5.56 Å². The molecule has 0 spiro atoms. The van der Waals surface area contributed by atoms with Gasteiger partial charge in [0.1, 0.15) is 5.92 Å². The molecule has 0 aliphatic carbocycles. The number of halogens is 3. The highest BCUT2D eigenvalue weighted by Crippen LogP contribution is 2.25. The maximum absolute atomic E-state index is 12.4. The Morgan fingerprint density at radius 2 is 1.95 bits per heavy atom. The zero-order valence-corrected chi connectivity index (χ0v) is 9.44. The van der Waals surface area contributed by atoms with Gasteiger partial charge in [0.15, 0.2) is 0 Å². The molecule has 1 unspecified atom stereocenters. The molecule has 0 aliphatic heterocycles. The number of hydrogen-bond donors (Lipinski definition) is 2. The van der Waals surface area contributed by atoms with E-state index in [0.717, 1.165) is 12.1 Å². The molecule has 0 heterocycles. The van der Waals surface area contributed by atoms with Crippen LogP contribution in [0.15, 0.2) is 24.3 Å². The summed E-state index contributed by atoms with van der Waals surface area (Å²) in [5.41, 5.74) is 1.47. The quantitative estimate of drug-likeness (QED) is 0.503. The number of non-ortho nitro benzene ring substituents is 1. The highest BCUT2D eigenvalue weighted by atomic mass is 19.4. The van der Waals surface area contributed by atoms with E-state index >= 15 is 0 Å². The third-order valence-corrected chi connectivity index (χ3v) is 2.16. The molecule has 0 amide bonds. The molecule has 5 nitrogen and oxygen atoms in total. The molecule has 1 aromatic rings. The van der Waals surface area contributed by atoms with Crippen LogP contribution in [-0.4, -0.2) is 22.9 Å². The van der Waals surface area contributed by atoms with E-state index in [4.69, 9.17) is 5.21 Å². The third-order valence-electron chi connectivity index (χ3n) is 2.16. The van der Waals surface area contributed by atoms with Gasteiger partial charge >= 0.3 is 6.18 Å². The van der Waals surface area contributed by atoms with Crippen LogP contribution in [0.25, 0.3) is 0 Å². The summed E-state index contributed by atoms with van der Waals surface area (Å²) in [7, 11) is 0. The van der Waals surface area contributed by atoms with Gasteiger partial charge in [0, 0.05) is 24.2 Å². The smallest absolute Gasteiger partial charge is 0.317 e.